The Labute approximate surface area is 153 Å². The van der Waals surface area contributed by atoms with Gasteiger partial charge >= 0.3 is 0 Å². The highest BCUT2D eigenvalue weighted by atomic mass is 35.5. The first-order valence-corrected chi connectivity index (χ1v) is 8.03. The van der Waals surface area contributed by atoms with Crippen molar-refractivity contribution in [1.82, 2.24) is 15.2 Å². The molecular weight excluding hydrogens is 353 g/mol. The quantitative estimate of drug-likeness (QED) is 0.896. The van der Waals surface area contributed by atoms with Crippen LogP contribution in [0.15, 0.2) is 29.6 Å². The third kappa shape index (κ3) is 4.44. The lowest BCUT2D eigenvalue weighted by molar-refractivity contribution is 0.0744. The van der Waals surface area contributed by atoms with Crippen LogP contribution in [0.2, 0.25) is 0 Å². The molecule has 23 heavy (non-hydrogen) atoms. The minimum Gasteiger partial charge on any atom is -0.337 e. The summed E-state index contributed by atoms with van der Waals surface area (Å²) in [6.07, 6.45) is 1.02. The van der Waals surface area contributed by atoms with Crippen LogP contribution in [0.25, 0.3) is 11.3 Å². The van der Waals surface area contributed by atoms with Gasteiger partial charge in [-0.15, -0.1) is 36.2 Å². The van der Waals surface area contributed by atoms with E-state index in [1.165, 1.54) is 0 Å². The monoisotopic (exact) mass is 373 g/mol. The van der Waals surface area contributed by atoms with Gasteiger partial charge in [-0.3, -0.25) is 4.79 Å². The van der Waals surface area contributed by atoms with Crippen molar-refractivity contribution in [2.75, 3.05) is 20.1 Å². The molecule has 126 valence electrons. The molecule has 3 rings (SSSR count). The Morgan fingerprint density at radius 2 is 2.17 bits per heavy atom. The Kier molecular flexibility index (Phi) is 7.48. The highest BCUT2D eigenvalue weighted by molar-refractivity contribution is 7.09. The van der Waals surface area contributed by atoms with Crippen molar-refractivity contribution >= 4 is 42.1 Å². The maximum atomic E-state index is 12.6. The number of nitrogens with one attached hydrogen (secondary N) is 1. The summed E-state index contributed by atoms with van der Waals surface area (Å²) in [6, 6.07) is 8.04. The second kappa shape index (κ2) is 8.64. The standard InChI is InChI=1S/C16H19N3OS.2ClH/c1-11-18-15(10-21-11)12-4-3-5-13(8-12)16(20)19(2)14-6-7-17-9-14;;/h3-5,8,10,14,17H,6-7,9H2,1-2H3;2*1H. The number of likely N-dealkylation sites (N-methyl/N-ethyl adjacent to an activating group) is 1. The number of rotatable bonds is 3. The molecule has 1 amide bonds. The van der Waals surface area contributed by atoms with Crippen molar-refractivity contribution in [3.05, 3.63) is 40.2 Å². The first-order valence-electron chi connectivity index (χ1n) is 7.15. The molecular formula is C16H21Cl2N3OS. The number of nitrogens with zero attached hydrogens (tertiary/aromatic N) is 2. The second-order valence-corrected chi connectivity index (χ2v) is 6.46. The van der Waals surface area contributed by atoms with E-state index in [1.807, 2.05) is 48.5 Å². The molecule has 2 heterocycles. The van der Waals surface area contributed by atoms with Crippen LogP contribution in [-0.2, 0) is 0 Å². The van der Waals surface area contributed by atoms with E-state index in [1.54, 1.807) is 11.3 Å². The van der Waals surface area contributed by atoms with Gasteiger partial charge in [-0.1, -0.05) is 12.1 Å². The van der Waals surface area contributed by atoms with Gasteiger partial charge in [-0.05, 0) is 32.0 Å². The number of aromatic nitrogens is 1. The number of thiazole rings is 1. The lowest BCUT2D eigenvalue weighted by Crippen LogP contribution is -2.38. The van der Waals surface area contributed by atoms with Crippen LogP contribution in [0.3, 0.4) is 0 Å². The van der Waals surface area contributed by atoms with E-state index >= 15 is 0 Å². The fourth-order valence-corrected chi connectivity index (χ4v) is 3.27. The number of benzene rings is 1. The number of aryl methyl sites for hydroxylation is 1. The average Bonchev–Trinajstić information content (AvgIpc) is 3.17. The number of hydrogen-bond donors (Lipinski definition) is 1. The van der Waals surface area contributed by atoms with Gasteiger partial charge in [0.15, 0.2) is 0 Å². The molecule has 1 N–H and O–H groups in total. The molecule has 0 aliphatic carbocycles. The lowest BCUT2D eigenvalue weighted by Gasteiger charge is -2.24. The summed E-state index contributed by atoms with van der Waals surface area (Å²) in [7, 11) is 1.89. The van der Waals surface area contributed by atoms with Crippen molar-refractivity contribution in [1.29, 1.82) is 0 Å². The fourth-order valence-electron chi connectivity index (χ4n) is 2.65. The van der Waals surface area contributed by atoms with Crippen molar-refractivity contribution in [2.24, 2.45) is 0 Å². The zero-order valence-electron chi connectivity index (χ0n) is 13.1. The lowest BCUT2D eigenvalue weighted by atomic mass is 10.1. The number of halogens is 2. The average molecular weight is 374 g/mol. The minimum atomic E-state index is 0. The zero-order chi connectivity index (χ0) is 14.8. The summed E-state index contributed by atoms with van der Waals surface area (Å²) < 4.78 is 0. The first kappa shape index (κ1) is 19.9. The molecule has 1 fully saturated rings. The summed E-state index contributed by atoms with van der Waals surface area (Å²) in [6.45, 7) is 3.86. The van der Waals surface area contributed by atoms with Gasteiger partial charge in [0.25, 0.3) is 5.91 Å². The van der Waals surface area contributed by atoms with Gasteiger partial charge in [-0.2, -0.15) is 0 Å². The van der Waals surface area contributed by atoms with Gasteiger partial charge in [-0.25, -0.2) is 4.98 Å². The Morgan fingerprint density at radius 1 is 1.39 bits per heavy atom. The predicted octanol–water partition coefficient (Wildman–Crippen LogP) is 3.40. The SMILES string of the molecule is Cc1nc(-c2cccc(C(=O)N(C)C3CCNC3)c2)cs1.Cl.Cl. The highest BCUT2D eigenvalue weighted by Crippen LogP contribution is 2.23. The van der Waals surface area contributed by atoms with E-state index < -0.39 is 0 Å². The number of amides is 1. The van der Waals surface area contributed by atoms with Gasteiger partial charge in [0.1, 0.15) is 0 Å². The molecule has 0 saturated carbocycles. The molecule has 1 atom stereocenters. The minimum absolute atomic E-state index is 0. The topological polar surface area (TPSA) is 45.2 Å². The Balaban J connectivity index is 0.00000132. The van der Waals surface area contributed by atoms with Gasteiger partial charge in [0, 0.05) is 36.1 Å². The Morgan fingerprint density at radius 3 is 2.78 bits per heavy atom. The van der Waals surface area contributed by atoms with Crippen molar-refractivity contribution in [3.8, 4) is 11.3 Å². The molecule has 2 aromatic rings. The van der Waals surface area contributed by atoms with E-state index in [0.29, 0.717) is 6.04 Å². The summed E-state index contributed by atoms with van der Waals surface area (Å²) in [4.78, 5) is 18.9. The Hall–Kier alpha value is -1.14. The van der Waals surface area contributed by atoms with Gasteiger partial charge in [0.05, 0.1) is 10.7 Å². The van der Waals surface area contributed by atoms with Crippen molar-refractivity contribution in [2.45, 2.75) is 19.4 Å². The molecule has 4 nitrogen and oxygen atoms in total. The second-order valence-electron chi connectivity index (χ2n) is 5.40. The number of carbonyl (C=O) groups is 1. The van der Waals surface area contributed by atoms with Crippen molar-refractivity contribution in [3.63, 3.8) is 0 Å². The maximum absolute atomic E-state index is 12.6. The van der Waals surface area contributed by atoms with Crippen LogP contribution in [-0.4, -0.2) is 42.0 Å². The molecule has 7 heteroatoms. The molecule has 1 unspecified atom stereocenters. The smallest absolute Gasteiger partial charge is 0.253 e. The van der Waals surface area contributed by atoms with E-state index in [0.717, 1.165) is 41.3 Å². The molecule has 1 saturated heterocycles. The number of carbonyl (C=O) groups excluding carboxylic acids is 1. The van der Waals surface area contributed by atoms with Crippen LogP contribution >= 0.6 is 36.2 Å². The highest BCUT2D eigenvalue weighted by Gasteiger charge is 2.24. The van der Waals surface area contributed by atoms with E-state index in [9.17, 15) is 4.79 Å². The Bertz CT molecular complexity index is 656. The molecule has 0 radical (unpaired) electrons. The van der Waals surface area contributed by atoms with Crippen LogP contribution in [0.4, 0.5) is 0 Å². The predicted molar refractivity (Wildman–Crippen MR) is 100 cm³/mol. The largest absolute Gasteiger partial charge is 0.337 e. The van der Waals surface area contributed by atoms with Crippen molar-refractivity contribution < 1.29 is 4.79 Å². The molecule has 1 aromatic carbocycles. The molecule has 1 aromatic heterocycles. The summed E-state index contributed by atoms with van der Waals surface area (Å²) in [5.74, 6) is 0.0810. The molecule has 0 spiro atoms. The van der Waals surface area contributed by atoms with E-state index in [-0.39, 0.29) is 30.7 Å². The fraction of sp³-hybridized carbons (Fsp3) is 0.375. The summed E-state index contributed by atoms with van der Waals surface area (Å²) in [5, 5.41) is 6.37. The zero-order valence-corrected chi connectivity index (χ0v) is 15.6. The molecule has 1 aliphatic rings. The summed E-state index contributed by atoms with van der Waals surface area (Å²) >= 11 is 1.63. The van der Waals surface area contributed by atoms with Crippen LogP contribution in [0, 0.1) is 6.92 Å². The van der Waals surface area contributed by atoms with Crippen LogP contribution in [0.5, 0.6) is 0 Å². The van der Waals surface area contributed by atoms with Gasteiger partial charge in [0.2, 0.25) is 0 Å². The molecule has 0 bridgehead atoms. The van der Waals surface area contributed by atoms with E-state index in [2.05, 4.69) is 10.3 Å². The normalized spacial score (nSPS) is 16.3. The number of hydrogen-bond acceptors (Lipinski definition) is 4. The summed E-state index contributed by atoms with van der Waals surface area (Å²) in [5.41, 5.74) is 2.67. The van der Waals surface area contributed by atoms with Crippen LogP contribution in [0.1, 0.15) is 21.8 Å². The van der Waals surface area contributed by atoms with Gasteiger partial charge < -0.3 is 10.2 Å². The molecule has 1 aliphatic heterocycles. The third-order valence-corrected chi connectivity index (χ3v) is 4.70. The maximum Gasteiger partial charge on any atom is 0.253 e. The first-order chi connectivity index (χ1) is 10.1. The van der Waals surface area contributed by atoms with Crippen LogP contribution < -0.4 is 5.32 Å². The third-order valence-electron chi connectivity index (χ3n) is 3.93. The van der Waals surface area contributed by atoms with E-state index in [4.69, 9.17) is 0 Å².